The van der Waals surface area contributed by atoms with Gasteiger partial charge in [0.15, 0.2) is 11.6 Å². The van der Waals surface area contributed by atoms with Crippen LogP contribution in [0.3, 0.4) is 0 Å². The van der Waals surface area contributed by atoms with Crippen LogP contribution in [-0.4, -0.2) is 15.7 Å². The van der Waals surface area contributed by atoms with Crippen molar-refractivity contribution >= 4 is 11.6 Å². The highest BCUT2D eigenvalue weighted by Crippen LogP contribution is 2.33. The quantitative estimate of drug-likeness (QED) is 0.356. The van der Waals surface area contributed by atoms with Crippen LogP contribution >= 0.6 is 0 Å². The average molecular weight is 447 g/mol. The van der Waals surface area contributed by atoms with Gasteiger partial charge in [-0.2, -0.15) is 5.10 Å². The first kappa shape index (κ1) is 22.2. The number of rotatable bonds is 8. The summed E-state index contributed by atoms with van der Waals surface area (Å²) in [5.74, 6) is -0.928. The van der Waals surface area contributed by atoms with Gasteiger partial charge in [0.2, 0.25) is 11.8 Å². The predicted molar refractivity (Wildman–Crippen MR) is 123 cm³/mol. The maximum atomic E-state index is 14.4. The number of para-hydroxylation sites is 3. The molecule has 0 radical (unpaired) electrons. The van der Waals surface area contributed by atoms with E-state index in [1.165, 1.54) is 24.3 Å². The number of hydrogen-bond acceptors (Lipinski definition) is 3. The van der Waals surface area contributed by atoms with Crippen LogP contribution in [-0.2, 0) is 17.6 Å². The number of carbonyl (C=O) groups excluding carboxylic acids is 1. The Bertz CT molecular complexity index is 1260. The van der Waals surface area contributed by atoms with Crippen LogP contribution in [0.15, 0.2) is 78.9 Å². The molecule has 0 saturated carbocycles. The number of aryl methyl sites for hydroxylation is 1. The number of benzene rings is 3. The molecule has 1 aromatic heterocycles. The van der Waals surface area contributed by atoms with Crippen molar-refractivity contribution in [3.8, 4) is 17.3 Å². The van der Waals surface area contributed by atoms with Crippen LogP contribution in [0.25, 0.3) is 5.69 Å². The zero-order chi connectivity index (χ0) is 23.2. The summed E-state index contributed by atoms with van der Waals surface area (Å²) in [5, 5.41) is 7.27. The predicted octanol–water partition coefficient (Wildman–Crippen LogP) is 6.08. The average Bonchev–Trinajstić information content (AvgIpc) is 3.18. The van der Waals surface area contributed by atoms with Gasteiger partial charge in [0.25, 0.3) is 0 Å². The van der Waals surface area contributed by atoms with E-state index in [-0.39, 0.29) is 23.8 Å². The molecule has 1 heterocycles. The van der Waals surface area contributed by atoms with Gasteiger partial charge in [-0.1, -0.05) is 49.4 Å². The van der Waals surface area contributed by atoms with Crippen molar-refractivity contribution in [2.45, 2.75) is 26.2 Å². The summed E-state index contributed by atoms with van der Waals surface area (Å²) in [7, 11) is 0. The fourth-order valence-electron chi connectivity index (χ4n) is 3.51. The van der Waals surface area contributed by atoms with E-state index in [9.17, 15) is 13.6 Å². The molecule has 33 heavy (non-hydrogen) atoms. The molecule has 0 atom stereocenters. The van der Waals surface area contributed by atoms with Gasteiger partial charge in [-0.15, -0.1) is 0 Å². The van der Waals surface area contributed by atoms with Gasteiger partial charge in [-0.05, 0) is 49.2 Å². The van der Waals surface area contributed by atoms with Crippen molar-refractivity contribution in [2.75, 3.05) is 5.32 Å². The minimum absolute atomic E-state index is 0.0642. The number of nitrogens with one attached hydrogen (secondary N) is 1. The van der Waals surface area contributed by atoms with E-state index in [4.69, 9.17) is 4.74 Å². The van der Waals surface area contributed by atoms with Crippen LogP contribution in [0.4, 0.5) is 14.5 Å². The Hall–Kier alpha value is -4.00. The zero-order valence-corrected chi connectivity index (χ0v) is 18.1. The maximum absolute atomic E-state index is 14.4. The van der Waals surface area contributed by atoms with Crippen molar-refractivity contribution in [3.05, 3.63) is 102 Å². The smallest absolute Gasteiger partial charge is 0.226 e. The fourth-order valence-corrected chi connectivity index (χ4v) is 3.51. The Balaban J connectivity index is 1.66. The molecule has 1 N–H and O–H groups in total. The molecule has 3 aromatic carbocycles. The van der Waals surface area contributed by atoms with Gasteiger partial charge < -0.3 is 10.1 Å². The Morgan fingerprint density at radius 3 is 2.30 bits per heavy atom. The number of carbonyl (C=O) groups is 1. The molecule has 0 aliphatic rings. The normalized spacial score (nSPS) is 10.8. The minimum atomic E-state index is -0.500. The van der Waals surface area contributed by atoms with E-state index in [1.54, 1.807) is 28.9 Å². The SMILES string of the molecule is CCc1nn(-c2ccccc2)c(Oc2ccccc2F)c1CCC(=O)Nc1ccccc1F. The molecule has 5 nitrogen and oxygen atoms in total. The highest BCUT2D eigenvalue weighted by molar-refractivity contribution is 5.91. The Morgan fingerprint density at radius 2 is 1.61 bits per heavy atom. The van der Waals surface area contributed by atoms with E-state index >= 15 is 0 Å². The third-order valence-electron chi connectivity index (χ3n) is 5.15. The van der Waals surface area contributed by atoms with E-state index in [0.717, 1.165) is 11.4 Å². The van der Waals surface area contributed by atoms with E-state index in [0.29, 0.717) is 24.3 Å². The van der Waals surface area contributed by atoms with Gasteiger partial charge in [0.1, 0.15) is 5.82 Å². The number of hydrogen-bond donors (Lipinski definition) is 1. The lowest BCUT2D eigenvalue weighted by atomic mass is 10.1. The minimum Gasteiger partial charge on any atom is -0.436 e. The Morgan fingerprint density at radius 1 is 0.939 bits per heavy atom. The molecule has 4 aromatic rings. The monoisotopic (exact) mass is 447 g/mol. The molecule has 0 unspecified atom stereocenters. The maximum Gasteiger partial charge on any atom is 0.226 e. The molecule has 0 saturated heterocycles. The van der Waals surface area contributed by atoms with Crippen molar-refractivity contribution in [1.82, 2.24) is 9.78 Å². The van der Waals surface area contributed by atoms with Crippen LogP contribution in [0.5, 0.6) is 11.6 Å². The summed E-state index contributed by atoms with van der Waals surface area (Å²) in [4.78, 5) is 12.5. The van der Waals surface area contributed by atoms with Crippen LogP contribution in [0.1, 0.15) is 24.6 Å². The van der Waals surface area contributed by atoms with Crippen LogP contribution in [0, 0.1) is 11.6 Å². The molecule has 0 spiro atoms. The summed E-state index contributed by atoms with van der Waals surface area (Å²) in [5.41, 5.74) is 2.32. The summed E-state index contributed by atoms with van der Waals surface area (Å²) in [6.45, 7) is 1.95. The van der Waals surface area contributed by atoms with Gasteiger partial charge in [-0.3, -0.25) is 4.79 Å². The van der Waals surface area contributed by atoms with Gasteiger partial charge in [-0.25, -0.2) is 13.5 Å². The number of aromatic nitrogens is 2. The fraction of sp³-hybridized carbons (Fsp3) is 0.154. The van der Waals surface area contributed by atoms with Crippen molar-refractivity contribution in [1.29, 1.82) is 0 Å². The van der Waals surface area contributed by atoms with Crippen molar-refractivity contribution in [2.24, 2.45) is 0 Å². The van der Waals surface area contributed by atoms with Gasteiger partial charge >= 0.3 is 0 Å². The topological polar surface area (TPSA) is 56.2 Å². The molecule has 168 valence electrons. The third-order valence-corrected chi connectivity index (χ3v) is 5.15. The Kier molecular flexibility index (Phi) is 6.78. The van der Waals surface area contributed by atoms with Gasteiger partial charge in [0, 0.05) is 12.0 Å². The molecule has 4 rings (SSSR count). The highest BCUT2D eigenvalue weighted by atomic mass is 19.1. The first-order valence-electron chi connectivity index (χ1n) is 10.7. The first-order valence-corrected chi connectivity index (χ1v) is 10.7. The molecular weight excluding hydrogens is 424 g/mol. The number of anilines is 1. The Labute approximate surface area is 190 Å². The standard InChI is InChI=1S/C26H23F2N3O2/c1-2-22-19(16-17-25(32)29-23-14-8-6-12-20(23)27)26(33-24-15-9-7-13-21(24)28)31(30-22)18-10-4-3-5-11-18/h3-15H,2,16-17H2,1H3,(H,29,32). The number of nitrogens with zero attached hydrogens (tertiary/aromatic N) is 2. The van der Waals surface area contributed by atoms with Crippen molar-refractivity contribution < 1.29 is 18.3 Å². The number of halogens is 2. The van der Waals surface area contributed by atoms with Crippen LogP contribution < -0.4 is 10.1 Å². The highest BCUT2D eigenvalue weighted by Gasteiger charge is 2.22. The third kappa shape index (κ3) is 5.09. The molecule has 0 bridgehead atoms. The number of ether oxygens (including phenoxy) is 1. The second-order valence-corrected chi connectivity index (χ2v) is 7.39. The summed E-state index contributed by atoms with van der Waals surface area (Å²) < 4.78 is 35.9. The summed E-state index contributed by atoms with van der Waals surface area (Å²) in [6.07, 6.45) is 0.966. The molecule has 0 fully saturated rings. The summed E-state index contributed by atoms with van der Waals surface area (Å²) in [6, 6.07) is 21.5. The van der Waals surface area contributed by atoms with Crippen LogP contribution in [0.2, 0.25) is 0 Å². The van der Waals surface area contributed by atoms with E-state index < -0.39 is 11.6 Å². The second kappa shape index (κ2) is 10.1. The first-order chi connectivity index (χ1) is 16.1. The number of amides is 1. The molecule has 7 heteroatoms. The lowest BCUT2D eigenvalue weighted by Crippen LogP contribution is -2.13. The molecular formula is C26H23F2N3O2. The van der Waals surface area contributed by atoms with E-state index in [1.807, 2.05) is 37.3 Å². The lowest BCUT2D eigenvalue weighted by molar-refractivity contribution is -0.116. The second-order valence-electron chi connectivity index (χ2n) is 7.39. The van der Waals surface area contributed by atoms with Gasteiger partial charge in [0.05, 0.1) is 17.1 Å². The summed E-state index contributed by atoms with van der Waals surface area (Å²) >= 11 is 0. The molecule has 0 aliphatic heterocycles. The molecule has 0 aliphatic carbocycles. The lowest BCUT2D eigenvalue weighted by Gasteiger charge is -2.12. The largest absolute Gasteiger partial charge is 0.436 e. The molecule has 1 amide bonds. The van der Waals surface area contributed by atoms with Crippen molar-refractivity contribution in [3.63, 3.8) is 0 Å². The zero-order valence-electron chi connectivity index (χ0n) is 18.1. The van der Waals surface area contributed by atoms with E-state index in [2.05, 4.69) is 10.4 Å².